The van der Waals surface area contributed by atoms with Gasteiger partial charge in [0.2, 0.25) is 0 Å². The molecule has 0 saturated heterocycles. The average molecular weight is 247 g/mol. The Morgan fingerprint density at radius 3 is 2.39 bits per heavy atom. The highest BCUT2D eigenvalue weighted by Crippen LogP contribution is 2.17. The molecule has 0 bridgehead atoms. The molecule has 1 aliphatic carbocycles. The first-order chi connectivity index (χ1) is 8.56. The molecule has 3 nitrogen and oxygen atoms in total. The van der Waals surface area contributed by atoms with E-state index in [0.717, 1.165) is 6.54 Å². The number of carbonyl (C=O) groups is 1. The maximum absolute atomic E-state index is 11.1. The van der Waals surface area contributed by atoms with E-state index in [4.69, 9.17) is 5.73 Å². The van der Waals surface area contributed by atoms with Crippen LogP contribution in [0.25, 0.3) is 0 Å². The van der Waals surface area contributed by atoms with Gasteiger partial charge in [-0.1, -0.05) is 38.1 Å². The second-order valence-electron chi connectivity index (χ2n) is 5.65. The lowest BCUT2D eigenvalue weighted by molar-refractivity contribution is -0.917. The summed E-state index contributed by atoms with van der Waals surface area (Å²) in [6.45, 7) is 5.76. The Morgan fingerprint density at radius 2 is 1.94 bits per heavy atom. The number of primary amides is 1. The van der Waals surface area contributed by atoms with Crippen molar-refractivity contribution in [1.29, 1.82) is 0 Å². The van der Waals surface area contributed by atoms with E-state index in [0.29, 0.717) is 18.5 Å². The molecule has 1 atom stereocenters. The van der Waals surface area contributed by atoms with E-state index < -0.39 is 0 Å². The number of rotatable bonds is 6. The second-order valence-corrected chi connectivity index (χ2v) is 5.65. The van der Waals surface area contributed by atoms with Crippen molar-refractivity contribution in [3.8, 4) is 0 Å². The van der Waals surface area contributed by atoms with Gasteiger partial charge in [0, 0.05) is 18.4 Å². The Bertz CT molecular complexity index is 407. The van der Waals surface area contributed by atoms with Crippen LogP contribution in [0.2, 0.25) is 0 Å². The van der Waals surface area contributed by atoms with E-state index in [-0.39, 0.29) is 5.91 Å². The molecule has 1 saturated carbocycles. The molecule has 0 heterocycles. The van der Waals surface area contributed by atoms with Crippen molar-refractivity contribution >= 4 is 5.91 Å². The Kier molecular flexibility index (Phi) is 4.02. The van der Waals surface area contributed by atoms with Crippen molar-refractivity contribution in [3.63, 3.8) is 0 Å². The van der Waals surface area contributed by atoms with Gasteiger partial charge in [0.05, 0.1) is 6.04 Å². The Balaban J connectivity index is 1.99. The van der Waals surface area contributed by atoms with E-state index in [1.54, 1.807) is 0 Å². The van der Waals surface area contributed by atoms with Gasteiger partial charge in [0.15, 0.2) is 6.54 Å². The van der Waals surface area contributed by atoms with Crippen LogP contribution in [0.5, 0.6) is 0 Å². The highest BCUT2D eigenvalue weighted by atomic mass is 16.1. The minimum atomic E-state index is -0.198. The number of nitrogens with two attached hydrogens (primary N) is 1. The summed E-state index contributed by atoms with van der Waals surface area (Å²) in [5.74, 6) is 0.368. The summed E-state index contributed by atoms with van der Waals surface area (Å²) in [7, 11) is 0. The van der Waals surface area contributed by atoms with Crippen LogP contribution in [0.4, 0.5) is 0 Å². The fourth-order valence-corrected chi connectivity index (χ4v) is 2.35. The summed E-state index contributed by atoms with van der Waals surface area (Å²) in [6.07, 6.45) is 2.46. The van der Waals surface area contributed by atoms with Crippen molar-refractivity contribution < 1.29 is 9.69 Å². The molecule has 18 heavy (non-hydrogen) atoms. The summed E-state index contributed by atoms with van der Waals surface area (Å²) < 4.78 is 0. The number of amides is 1. The molecule has 1 aromatic carbocycles. The number of nitrogens with one attached hydrogen (secondary N) is 1. The molecule has 3 heteroatoms. The molecule has 1 aliphatic rings. The zero-order valence-electron chi connectivity index (χ0n) is 11.3. The number of carbonyl (C=O) groups excluding carboxylic acids is 1. The molecule has 98 valence electrons. The predicted octanol–water partition coefficient (Wildman–Crippen LogP) is 0.843. The lowest BCUT2D eigenvalue weighted by Crippen LogP contribution is -3.13. The van der Waals surface area contributed by atoms with Gasteiger partial charge in [0.25, 0.3) is 5.91 Å². The SMILES string of the molecule is CC(C)c1ccc(C[NH+](CC(N)=O)C2CC2)cc1. The maximum atomic E-state index is 11.1. The van der Waals surface area contributed by atoms with Gasteiger partial charge in [-0.15, -0.1) is 0 Å². The zero-order chi connectivity index (χ0) is 13.1. The van der Waals surface area contributed by atoms with E-state index in [1.165, 1.54) is 28.9 Å². The van der Waals surface area contributed by atoms with Crippen LogP contribution in [0, 0.1) is 0 Å². The van der Waals surface area contributed by atoms with Crippen molar-refractivity contribution in [3.05, 3.63) is 35.4 Å². The molecular formula is C15H23N2O+. The third kappa shape index (κ3) is 3.57. The number of benzene rings is 1. The molecule has 1 unspecified atom stereocenters. The van der Waals surface area contributed by atoms with Gasteiger partial charge in [-0.05, 0) is 11.5 Å². The van der Waals surface area contributed by atoms with Crippen molar-refractivity contribution in [2.75, 3.05) is 6.54 Å². The summed E-state index contributed by atoms with van der Waals surface area (Å²) in [5, 5.41) is 0. The first-order valence-electron chi connectivity index (χ1n) is 6.78. The summed E-state index contributed by atoms with van der Waals surface area (Å²) in [6, 6.07) is 9.38. The van der Waals surface area contributed by atoms with E-state index >= 15 is 0 Å². The largest absolute Gasteiger partial charge is 0.365 e. The van der Waals surface area contributed by atoms with Gasteiger partial charge >= 0.3 is 0 Å². The number of hydrogen-bond acceptors (Lipinski definition) is 1. The van der Waals surface area contributed by atoms with Gasteiger partial charge in [-0.25, -0.2) is 0 Å². The fraction of sp³-hybridized carbons (Fsp3) is 0.533. The molecule has 1 fully saturated rings. The van der Waals surface area contributed by atoms with Crippen LogP contribution in [0.3, 0.4) is 0 Å². The van der Waals surface area contributed by atoms with Gasteiger partial charge in [-0.2, -0.15) is 0 Å². The zero-order valence-corrected chi connectivity index (χ0v) is 11.3. The third-order valence-corrected chi connectivity index (χ3v) is 3.63. The molecular weight excluding hydrogens is 224 g/mol. The Labute approximate surface area is 109 Å². The molecule has 0 spiro atoms. The number of hydrogen-bond donors (Lipinski definition) is 2. The topological polar surface area (TPSA) is 47.5 Å². The Hall–Kier alpha value is -1.35. The van der Waals surface area contributed by atoms with E-state index in [1.807, 2.05) is 0 Å². The average Bonchev–Trinajstić information content (AvgIpc) is 3.12. The first-order valence-corrected chi connectivity index (χ1v) is 6.78. The second kappa shape index (κ2) is 5.53. The van der Waals surface area contributed by atoms with Gasteiger partial charge in [-0.3, -0.25) is 4.79 Å². The quantitative estimate of drug-likeness (QED) is 0.769. The van der Waals surface area contributed by atoms with Crippen LogP contribution in [-0.2, 0) is 11.3 Å². The van der Waals surface area contributed by atoms with Crippen molar-refractivity contribution in [1.82, 2.24) is 0 Å². The lowest BCUT2D eigenvalue weighted by atomic mass is 10.0. The van der Waals surface area contributed by atoms with E-state index in [2.05, 4.69) is 38.1 Å². The van der Waals surface area contributed by atoms with Crippen LogP contribution in [-0.4, -0.2) is 18.5 Å². The highest BCUT2D eigenvalue weighted by Gasteiger charge is 2.34. The Morgan fingerprint density at radius 1 is 1.33 bits per heavy atom. The van der Waals surface area contributed by atoms with Gasteiger partial charge < -0.3 is 10.6 Å². The molecule has 0 aromatic heterocycles. The van der Waals surface area contributed by atoms with Crippen LogP contribution >= 0.6 is 0 Å². The third-order valence-electron chi connectivity index (χ3n) is 3.63. The summed E-state index contributed by atoms with van der Waals surface area (Å²) in [4.78, 5) is 12.4. The van der Waals surface area contributed by atoms with Crippen LogP contribution < -0.4 is 10.6 Å². The molecule has 3 N–H and O–H groups in total. The molecule has 0 aliphatic heterocycles. The minimum Gasteiger partial charge on any atom is -0.365 e. The maximum Gasteiger partial charge on any atom is 0.272 e. The molecule has 2 rings (SSSR count). The van der Waals surface area contributed by atoms with Crippen LogP contribution in [0.15, 0.2) is 24.3 Å². The fourth-order valence-electron chi connectivity index (χ4n) is 2.35. The predicted molar refractivity (Wildman–Crippen MR) is 72.3 cm³/mol. The standard InChI is InChI=1S/C15H22N2O/c1-11(2)13-5-3-12(4-6-13)9-17(10-15(16)18)14-7-8-14/h3-6,11,14H,7-10H2,1-2H3,(H2,16,18)/p+1. The minimum absolute atomic E-state index is 0.198. The lowest BCUT2D eigenvalue weighted by Gasteiger charge is -2.17. The summed E-state index contributed by atoms with van der Waals surface area (Å²) in [5.41, 5.74) is 7.97. The van der Waals surface area contributed by atoms with E-state index in [9.17, 15) is 4.79 Å². The smallest absolute Gasteiger partial charge is 0.272 e. The monoisotopic (exact) mass is 247 g/mol. The van der Waals surface area contributed by atoms with Crippen molar-refractivity contribution in [2.45, 2.75) is 45.2 Å². The summed E-state index contributed by atoms with van der Waals surface area (Å²) >= 11 is 0. The highest BCUT2D eigenvalue weighted by molar-refractivity contribution is 5.74. The van der Waals surface area contributed by atoms with Crippen molar-refractivity contribution in [2.24, 2.45) is 5.73 Å². The first kappa shape index (κ1) is 13.1. The van der Waals surface area contributed by atoms with Gasteiger partial charge in [0.1, 0.15) is 6.54 Å². The molecule has 1 amide bonds. The molecule has 0 radical (unpaired) electrons. The number of quaternary nitrogens is 1. The van der Waals surface area contributed by atoms with Crippen LogP contribution in [0.1, 0.15) is 43.7 Å². The molecule has 1 aromatic rings. The normalized spacial score (nSPS) is 16.8.